The van der Waals surface area contributed by atoms with Crippen molar-refractivity contribution in [1.82, 2.24) is 10.4 Å². The van der Waals surface area contributed by atoms with E-state index in [-0.39, 0.29) is 0 Å². The maximum absolute atomic E-state index is 5.05. The van der Waals surface area contributed by atoms with Crippen molar-refractivity contribution in [1.29, 1.82) is 0 Å². The predicted molar refractivity (Wildman–Crippen MR) is 32.3 cm³/mol. The second-order valence-corrected chi connectivity index (χ2v) is 1.74. The Bertz CT molecular complexity index is 184. The van der Waals surface area contributed by atoms with Crippen LogP contribution in [-0.4, -0.2) is 4.98 Å². The SMILES string of the molecule is Cc1ncoc1CNN. The molecule has 0 aromatic carbocycles. The van der Waals surface area contributed by atoms with E-state index in [4.69, 9.17) is 10.3 Å². The molecule has 4 heteroatoms. The summed E-state index contributed by atoms with van der Waals surface area (Å²) >= 11 is 0. The van der Waals surface area contributed by atoms with Gasteiger partial charge in [0, 0.05) is 0 Å². The van der Waals surface area contributed by atoms with Gasteiger partial charge in [0.15, 0.2) is 6.39 Å². The van der Waals surface area contributed by atoms with Crippen LogP contribution in [0.2, 0.25) is 0 Å². The molecule has 0 aliphatic carbocycles. The summed E-state index contributed by atoms with van der Waals surface area (Å²) in [6.45, 7) is 2.40. The molecule has 0 bridgehead atoms. The second kappa shape index (κ2) is 2.61. The molecule has 0 atom stereocenters. The number of hydrogen-bond donors (Lipinski definition) is 2. The Labute approximate surface area is 53.0 Å². The number of aromatic nitrogens is 1. The van der Waals surface area contributed by atoms with Crippen molar-refractivity contribution in [3.8, 4) is 0 Å². The molecule has 0 unspecified atom stereocenters. The molecule has 50 valence electrons. The Kier molecular flexibility index (Phi) is 1.81. The van der Waals surface area contributed by atoms with E-state index in [1.807, 2.05) is 6.92 Å². The highest BCUT2D eigenvalue weighted by molar-refractivity contribution is 5.03. The molecule has 1 aromatic rings. The largest absolute Gasteiger partial charge is 0.447 e. The Morgan fingerprint density at radius 1 is 1.89 bits per heavy atom. The zero-order chi connectivity index (χ0) is 6.69. The fourth-order valence-electron chi connectivity index (χ4n) is 0.589. The zero-order valence-electron chi connectivity index (χ0n) is 5.22. The summed E-state index contributed by atoms with van der Waals surface area (Å²) in [4.78, 5) is 3.87. The van der Waals surface area contributed by atoms with E-state index >= 15 is 0 Å². The number of hydrazine groups is 1. The third-order valence-corrected chi connectivity index (χ3v) is 1.11. The normalized spacial score (nSPS) is 10.0. The minimum absolute atomic E-state index is 0.534. The van der Waals surface area contributed by atoms with Gasteiger partial charge in [-0.25, -0.2) is 4.98 Å². The summed E-state index contributed by atoms with van der Waals surface area (Å²) in [5.74, 6) is 5.84. The van der Waals surface area contributed by atoms with Gasteiger partial charge in [0.2, 0.25) is 0 Å². The van der Waals surface area contributed by atoms with Crippen molar-refractivity contribution in [3.63, 3.8) is 0 Å². The Morgan fingerprint density at radius 3 is 3.11 bits per heavy atom. The summed E-state index contributed by atoms with van der Waals surface area (Å²) in [6.07, 6.45) is 1.40. The van der Waals surface area contributed by atoms with Crippen molar-refractivity contribution in [2.45, 2.75) is 13.5 Å². The van der Waals surface area contributed by atoms with Crippen LogP contribution in [0.25, 0.3) is 0 Å². The third-order valence-electron chi connectivity index (χ3n) is 1.11. The quantitative estimate of drug-likeness (QED) is 0.431. The molecule has 4 nitrogen and oxygen atoms in total. The molecule has 0 amide bonds. The molecule has 0 saturated carbocycles. The van der Waals surface area contributed by atoms with E-state index in [0.29, 0.717) is 6.54 Å². The highest BCUT2D eigenvalue weighted by atomic mass is 16.3. The second-order valence-electron chi connectivity index (χ2n) is 1.74. The van der Waals surface area contributed by atoms with Crippen molar-refractivity contribution in [2.75, 3.05) is 0 Å². The first-order valence-corrected chi connectivity index (χ1v) is 2.67. The minimum atomic E-state index is 0.534. The van der Waals surface area contributed by atoms with Gasteiger partial charge in [0.1, 0.15) is 5.76 Å². The van der Waals surface area contributed by atoms with Crippen LogP contribution in [0.5, 0.6) is 0 Å². The number of oxazole rings is 1. The summed E-state index contributed by atoms with van der Waals surface area (Å²) in [6, 6.07) is 0. The van der Waals surface area contributed by atoms with Crippen LogP contribution in [0.4, 0.5) is 0 Å². The lowest BCUT2D eigenvalue weighted by Crippen LogP contribution is -2.20. The number of nitrogens with zero attached hydrogens (tertiary/aromatic N) is 1. The summed E-state index contributed by atoms with van der Waals surface area (Å²) in [5.41, 5.74) is 3.36. The van der Waals surface area contributed by atoms with Crippen LogP contribution in [0.15, 0.2) is 10.8 Å². The van der Waals surface area contributed by atoms with E-state index in [1.54, 1.807) is 0 Å². The molecule has 0 radical (unpaired) electrons. The lowest BCUT2D eigenvalue weighted by Gasteiger charge is -1.92. The topological polar surface area (TPSA) is 64.1 Å². The van der Waals surface area contributed by atoms with Crippen LogP contribution < -0.4 is 11.3 Å². The summed E-state index contributed by atoms with van der Waals surface area (Å²) < 4.78 is 4.95. The molecule has 0 spiro atoms. The maximum atomic E-state index is 5.05. The first kappa shape index (κ1) is 6.25. The molecule has 1 heterocycles. The van der Waals surface area contributed by atoms with Gasteiger partial charge in [0.05, 0.1) is 12.2 Å². The van der Waals surface area contributed by atoms with Gasteiger partial charge in [0.25, 0.3) is 0 Å². The number of hydrogen-bond acceptors (Lipinski definition) is 4. The molecule has 0 fully saturated rings. The lowest BCUT2D eigenvalue weighted by atomic mass is 10.4. The van der Waals surface area contributed by atoms with Gasteiger partial charge in [-0.2, -0.15) is 0 Å². The number of rotatable bonds is 2. The molecule has 0 saturated heterocycles. The monoisotopic (exact) mass is 127 g/mol. The molecule has 1 aromatic heterocycles. The van der Waals surface area contributed by atoms with Gasteiger partial charge in [-0.05, 0) is 6.92 Å². The number of aryl methyl sites for hydroxylation is 1. The van der Waals surface area contributed by atoms with Crippen LogP contribution in [0.1, 0.15) is 11.5 Å². The van der Waals surface area contributed by atoms with Gasteiger partial charge in [-0.1, -0.05) is 0 Å². The van der Waals surface area contributed by atoms with E-state index in [0.717, 1.165) is 11.5 Å². The van der Waals surface area contributed by atoms with Crippen molar-refractivity contribution < 1.29 is 4.42 Å². The Hall–Kier alpha value is -0.870. The minimum Gasteiger partial charge on any atom is -0.447 e. The van der Waals surface area contributed by atoms with Crippen LogP contribution in [-0.2, 0) is 6.54 Å². The van der Waals surface area contributed by atoms with E-state index in [9.17, 15) is 0 Å². The van der Waals surface area contributed by atoms with E-state index in [1.165, 1.54) is 6.39 Å². The van der Waals surface area contributed by atoms with E-state index < -0.39 is 0 Å². The Morgan fingerprint density at radius 2 is 2.67 bits per heavy atom. The lowest BCUT2D eigenvalue weighted by molar-refractivity contribution is 0.481. The molecule has 1 rings (SSSR count). The average molecular weight is 127 g/mol. The Balaban J connectivity index is 2.69. The van der Waals surface area contributed by atoms with E-state index in [2.05, 4.69) is 10.4 Å². The number of nitrogens with one attached hydrogen (secondary N) is 1. The fourth-order valence-corrected chi connectivity index (χ4v) is 0.589. The van der Waals surface area contributed by atoms with Crippen LogP contribution >= 0.6 is 0 Å². The molecule has 0 aliphatic rings. The van der Waals surface area contributed by atoms with Crippen molar-refractivity contribution >= 4 is 0 Å². The number of nitrogens with two attached hydrogens (primary N) is 1. The van der Waals surface area contributed by atoms with Gasteiger partial charge < -0.3 is 4.42 Å². The van der Waals surface area contributed by atoms with Crippen molar-refractivity contribution in [3.05, 3.63) is 17.8 Å². The first-order valence-electron chi connectivity index (χ1n) is 2.67. The third kappa shape index (κ3) is 1.28. The molecule has 0 aliphatic heterocycles. The standard InChI is InChI=1S/C5H9N3O/c1-4-5(2-8-6)9-3-7-4/h3,8H,2,6H2,1H3. The smallest absolute Gasteiger partial charge is 0.181 e. The van der Waals surface area contributed by atoms with Crippen molar-refractivity contribution in [2.24, 2.45) is 5.84 Å². The molecule has 9 heavy (non-hydrogen) atoms. The highest BCUT2D eigenvalue weighted by Crippen LogP contribution is 2.02. The molecular formula is C5H9N3O. The van der Waals surface area contributed by atoms with Gasteiger partial charge in [-0.15, -0.1) is 0 Å². The fraction of sp³-hybridized carbons (Fsp3) is 0.400. The average Bonchev–Trinajstić information content (AvgIpc) is 2.18. The highest BCUT2D eigenvalue weighted by Gasteiger charge is 1.99. The maximum Gasteiger partial charge on any atom is 0.181 e. The van der Waals surface area contributed by atoms with Crippen LogP contribution in [0, 0.1) is 6.92 Å². The molecule has 3 N–H and O–H groups in total. The molecular weight excluding hydrogens is 118 g/mol. The predicted octanol–water partition coefficient (Wildman–Crippen LogP) is -0.0537. The zero-order valence-corrected chi connectivity index (χ0v) is 5.22. The van der Waals surface area contributed by atoms with Gasteiger partial charge in [-0.3, -0.25) is 11.3 Å². The first-order chi connectivity index (χ1) is 4.34. The summed E-state index contributed by atoms with van der Waals surface area (Å²) in [7, 11) is 0. The van der Waals surface area contributed by atoms with Gasteiger partial charge >= 0.3 is 0 Å². The summed E-state index contributed by atoms with van der Waals surface area (Å²) in [5, 5.41) is 0. The van der Waals surface area contributed by atoms with Crippen LogP contribution in [0.3, 0.4) is 0 Å².